The lowest BCUT2D eigenvalue weighted by Crippen LogP contribution is -2.46. The number of rotatable bonds is 2. The number of carboxylic acids is 1. The van der Waals surface area contributed by atoms with E-state index in [1.807, 2.05) is 0 Å². The molecule has 4 heteroatoms. The van der Waals surface area contributed by atoms with Gasteiger partial charge in [0.05, 0.1) is 0 Å². The van der Waals surface area contributed by atoms with Gasteiger partial charge in [-0.2, -0.15) is 0 Å². The first-order valence-electron chi connectivity index (χ1n) is 6.84. The van der Waals surface area contributed by atoms with Crippen LogP contribution in [0.5, 0.6) is 0 Å². The minimum atomic E-state index is -0.589. The number of likely N-dealkylation sites (N-methyl/N-ethyl adjacent to an activating group) is 1. The number of hydrogen-bond donors (Lipinski definition) is 1. The number of carbonyl (C=O) groups is 1. The summed E-state index contributed by atoms with van der Waals surface area (Å²) in [7, 11) is 2.13. The molecule has 1 saturated carbocycles. The summed E-state index contributed by atoms with van der Waals surface area (Å²) in [5.74, 6) is 0.495. The first-order chi connectivity index (χ1) is 8.16. The Morgan fingerprint density at radius 3 is 2.71 bits per heavy atom. The van der Waals surface area contributed by atoms with Gasteiger partial charge in [-0.05, 0) is 44.7 Å². The highest BCUT2D eigenvalue weighted by molar-refractivity contribution is 5.74. The molecule has 0 aromatic heterocycles. The molecule has 0 aromatic carbocycles. The van der Waals surface area contributed by atoms with Crippen LogP contribution in [0.1, 0.15) is 25.7 Å². The maximum absolute atomic E-state index is 11.5. The minimum Gasteiger partial charge on any atom is -0.480 e. The molecule has 4 nitrogen and oxygen atoms in total. The van der Waals surface area contributed by atoms with E-state index < -0.39 is 5.97 Å². The molecule has 4 unspecified atom stereocenters. The third kappa shape index (κ3) is 1.87. The van der Waals surface area contributed by atoms with E-state index in [4.69, 9.17) is 0 Å². The maximum atomic E-state index is 11.5. The lowest BCUT2D eigenvalue weighted by Gasteiger charge is -2.29. The van der Waals surface area contributed by atoms with Crippen molar-refractivity contribution in [3.05, 3.63) is 0 Å². The topological polar surface area (TPSA) is 43.8 Å². The third-order valence-electron chi connectivity index (χ3n) is 5.01. The van der Waals surface area contributed by atoms with Gasteiger partial charge in [-0.3, -0.25) is 9.69 Å². The molecule has 3 rings (SSSR count). The molecule has 1 aliphatic carbocycles. The number of nitrogens with zero attached hydrogens (tertiary/aromatic N) is 2. The summed E-state index contributed by atoms with van der Waals surface area (Å²) in [6, 6.07) is 0.283. The number of fused-ring (bicyclic) bond motifs is 1. The van der Waals surface area contributed by atoms with Crippen molar-refractivity contribution in [3.63, 3.8) is 0 Å². The van der Waals surface area contributed by atoms with Gasteiger partial charge in [-0.15, -0.1) is 0 Å². The Balaban J connectivity index is 1.77. The fraction of sp³-hybridized carbons (Fsp3) is 0.923. The molecule has 17 heavy (non-hydrogen) atoms. The molecule has 0 bridgehead atoms. The van der Waals surface area contributed by atoms with Crippen LogP contribution in [0, 0.1) is 11.8 Å². The van der Waals surface area contributed by atoms with Crippen LogP contribution >= 0.6 is 0 Å². The molecule has 0 spiro atoms. The Kier molecular flexibility index (Phi) is 2.87. The van der Waals surface area contributed by atoms with Crippen molar-refractivity contribution >= 4 is 5.97 Å². The molecule has 0 amide bonds. The van der Waals surface area contributed by atoms with Crippen LogP contribution in [0.4, 0.5) is 0 Å². The summed E-state index contributed by atoms with van der Waals surface area (Å²) in [5, 5.41) is 9.50. The van der Waals surface area contributed by atoms with Crippen molar-refractivity contribution < 1.29 is 9.90 Å². The maximum Gasteiger partial charge on any atom is 0.321 e. The summed E-state index contributed by atoms with van der Waals surface area (Å²) in [6.45, 7) is 3.19. The Labute approximate surface area is 103 Å². The van der Waals surface area contributed by atoms with E-state index in [0.29, 0.717) is 17.9 Å². The molecule has 0 aromatic rings. The van der Waals surface area contributed by atoms with Crippen molar-refractivity contribution in [2.24, 2.45) is 11.8 Å². The van der Waals surface area contributed by atoms with Gasteiger partial charge in [-0.1, -0.05) is 6.42 Å². The molecular formula is C13H22N2O2. The van der Waals surface area contributed by atoms with Crippen LogP contribution in [0.2, 0.25) is 0 Å². The highest BCUT2D eigenvalue weighted by Crippen LogP contribution is 2.43. The fourth-order valence-corrected chi connectivity index (χ4v) is 4.22. The minimum absolute atomic E-state index is 0.195. The van der Waals surface area contributed by atoms with E-state index in [1.54, 1.807) is 0 Å². The van der Waals surface area contributed by atoms with E-state index in [2.05, 4.69) is 16.8 Å². The van der Waals surface area contributed by atoms with Crippen LogP contribution < -0.4 is 0 Å². The number of carboxylic acid groups (broad SMARTS) is 1. The normalized spacial score (nSPS) is 43.1. The van der Waals surface area contributed by atoms with Gasteiger partial charge in [0.25, 0.3) is 0 Å². The molecule has 0 radical (unpaired) electrons. The first-order valence-corrected chi connectivity index (χ1v) is 6.84. The average molecular weight is 238 g/mol. The monoisotopic (exact) mass is 238 g/mol. The van der Waals surface area contributed by atoms with Crippen molar-refractivity contribution in [1.82, 2.24) is 9.80 Å². The molecule has 3 aliphatic rings. The lowest BCUT2D eigenvalue weighted by molar-refractivity contribution is -0.144. The third-order valence-corrected chi connectivity index (χ3v) is 5.01. The van der Waals surface area contributed by atoms with E-state index in [-0.39, 0.29) is 6.04 Å². The molecule has 2 aliphatic heterocycles. The fourth-order valence-electron chi connectivity index (χ4n) is 4.22. The molecule has 2 saturated heterocycles. The SMILES string of the molecule is CN1CCC(N2CC3CCCC3C2C(=O)O)C1. The second kappa shape index (κ2) is 4.25. The van der Waals surface area contributed by atoms with Gasteiger partial charge in [-0.25, -0.2) is 0 Å². The molecular weight excluding hydrogens is 216 g/mol. The average Bonchev–Trinajstić information content (AvgIpc) is 2.88. The Morgan fingerprint density at radius 1 is 1.24 bits per heavy atom. The van der Waals surface area contributed by atoms with Gasteiger partial charge < -0.3 is 10.0 Å². The van der Waals surface area contributed by atoms with E-state index in [0.717, 1.165) is 32.5 Å². The van der Waals surface area contributed by atoms with Crippen LogP contribution in [-0.2, 0) is 4.79 Å². The van der Waals surface area contributed by atoms with Crippen molar-refractivity contribution in [1.29, 1.82) is 0 Å². The summed E-state index contributed by atoms with van der Waals surface area (Å²) < 4.78 is 0. The lowest BCUT2D eigenvalue weighted by atomic mass is 9.94. The van der Waals surface area contributed by atoms with Crippen molar-refractivity contribution in [2.45, 2.75) is 37.8 Å². The second-order valence-corrected chi connectivity index (χ2v) is 6.04. The first kappa shape index (κ1) is 11.5. The molecule has 1 N–H and O–H groups in total. The van der Waals surface area contributed by atoms with Gasteiger partial charge in [0.15, 0.2) is 0 Å². The van der Waals surface area contributed by atoms with Gasteiger partial charge in [0.1, 0.15) is 6.04 Å². The van der Waals surface area contributed by atoms with Crippen LogP contribution in [0.3, 0.4) is 0 Å². The Bertz CT molecular complexity index is 321. The van der Waals surface area contributed by atoms with E-state index >= 15 is 0 Å². The van der Waals surface area contributed by atoms with Crippen molar-refractivity contribution in [3.8, 4) is 0 Å². The summed E-state index contributed by atoms with van der Waals surface area (Å²) in [5.41, 5.74) is 0. The van der Waals surface area contributed by atoms with Gasteiger partial charge >= 0.3 is 5.97 Å². The smallest absolute Gasteiger partial charge is 0.321 e. The highest BCUT2D eigenvalue weighted by atomic mass is 16.4. The molecule has 4 atom stereocenters. The zero-order chi connectivity index (χ0) is 12.0. The van der Waals surface area contributed by atoms with Gasteiger partial charge in [0.2, 0.25) is 0 Å². The predicted octanol–water partition coefficient (Wildman–Crippen LogP) is 0.876. The quantitative estimate of drug-likeness (QED) is 0.775. The highest BCUT2D eigenvalue weighted by Gasteiger charge is 2.50. The number of aliphatic carboxylic acids is 1. The van der Waals surface area contributed by atoms with Crippen molar-refractivity contribution in [2.75, 3.05) is 26.7 Å². The summed E-state index contributed by atoms with van der Waals surface area (Å²) >= 11 is 0. The zero-order valence-corrected chi connectivity index (χ0v) is 10.5. The zero-order valence-electron chi connectivity index (χ0n) is 10.5. The molecule has 96 valence electrons. The summed E-state index contributed by atoms with van der Waals surface area (Å²) in [4.78, 5) is 16.2. The van der Waals surface area contributed by atoms with Crippen LogP contribution in [0.25, 0.3) is 0 Å². The standard InChI is InChI=1S/C13H22N2O2/c1-14-6-5-10(8-14)15-7-9-3-2-4-11(9)12(15)13(16)17/h9-12H,2-8H2,1H3,(H,16,17). The molecule has 3 fully saturated rings. The van der Waals surface area contributed by atoms with E-state index in [9.17, 15) is 9.90 Å². The van der Waals surface area contributed by atoms with Crippen LogP contribution in [0.15, 0.2) is 0 Å². The largest absolute Gasteiger partial charge is 0.480 e. The predicted molar refractivity (Wildman–Crippen MR) is 64.9 cm³/mol. The van der Waals surface area contributed by atoms with Crippen LogP contribution in [-0.4, -0.2) is 59.6 Å². The Morgan fingerprint density at radius 2 is 2.06 bits per heavy atom. The van der Waals surface area contributed by atoms with E-state index in [1.165, 1.54) is 12.8 Å². The van der Waals surface area contributed by atoms with Gasteiger partial charge in [0, 0.05) is 19.1 Å². The second-order valence-electron chi connectivity index (χ2n) is 6.04. The molecule has 2 heterocycles. The Hall–Kier alpha value is -0.610. The number of hydrogen-bond acceptors (Lipinski definition) is 3. The number of likely N-dealkylation sites (tertiary alicyclic amines) is 2. The summed E-state index contributed by atoms with van der Waals surface area (Å²) in [6.07, 6.45) is 4.74.